The van der Waals surface area contributed by atoms with Crippen LogP contribution in [0.15, 0.2) is 12.4 Å². The van der Waals surface area contributed by atoms with Gasteiger partial charge in [-0.3, -0.25) is 4.79 Å². The normalized spacial score (nSPS) is 12.1. The highest BCUT2D eigenvalue weighted by molar-refractivity contribution is 5.76. The molecule has 17 heavy (non-hydrogen) atoms. The second kappa shape index (κ2) is 5.92. The quantitative estimate of drug-likeness (QED) is 0.316. The van der Waals surface area contributed by atoms with E-state index in [4.69, 9.17) is 11.5 Å². The molecule has 9 heteroatoms. The lowest BCUT2D eigenvalue weighted by Crippen LogP contribution is -2.44. The van der Waals surface area contributed by atoms with Crippen LogP contribution in [-0.4, -0.2) is 33.1 Å². The molecule has 0 spiro atoms. The first-order chi connectivity index (χ1) is 8.04. The lowest BCUT2D eigenvalue weighted by atomic mass is 10.3. The summed E-state index contributed by atoms with van der Waals surface area (Å²) in [6.45, 7) is 0.154. The Labute approximate surface area is 96.9 Å². The Balaban J connectivity index is 2.56. The highest BCUT2D eigenvalue weighted by Gasteiger charge is 2.17. The van der Waals surface area contributed by atoms with Gasteiger partial charge in [0.1, 0.15) is 12.4 Å². The molecule has 0 aliphatic carbocycles. The summed E-state index contributed by atoms with van der Waals surface area (Å²) in [7, 11) is 0. The highest BCUT2D eigenvalue weighted by atomic mass is 16.6. The predicted molar refractivity (Wildman–Crippen MR) is 58.7 cm³/mol. The number of carbonyl (C=O) groups excluding carboxylic acids is 1. The average Bonchev–Trinajstić information content (AvgIpc) is 2.65. The minimum Gasteiger partial charge on any atom is -0.390 e. The zero-order valence-electron chi connectivity index (χ0n) is 9.07. The maximum atomic E-state index is 11.5. The van der Waals surface area contributed by atoms with Gasteiger partial charge in [0.2, 0.25) is 0 Å². The van der Waals surface area contributed by atoms with Gasteiger partial charge in [0, 0.05) is 0 Å². The van der Waals surface area contributed by atoms with Crippen LogP contribution in [0.5, 0.6) is 0 Å². The first-order valence-corrected chi connectivity index (χ1v) is 4.95. The molecule has 94 valence electrons. The van der Waals surface area contributed by atoms with Crippen LogP contribution in [0.2, 0.25) is 0 Å². The molecule has 1 atom stereocenters. The van der Waals surface area contributed by atoms with Gasteiger partial charge in [-0.25, -0.2) is 4.57 Å². The van der Waals surface area contributed by atoms with E-state index in [0.717, 1.165) is 4.57 Å². The van der Waals surface area contributed by atoms with Gasteiger partial charge in [-0.05, 0) is 17.9 Å². The van der Waals surface area contributed by atoms with Crippen molar-refractivity contribution in [3.63, 3.8) is 0 Å². The summed E-state index contributed by atoms with van der Waals surface area (Å²) in [6, 6.07) is 0. The Bertz CT molecular complexity index is 404. The predicted octanol–water partition coefficient (Wildman–Crippen LogP) is -1.46. The van der Waals surface area contributed by atoms with Crippen LogP contribution in [-0.2, 0) is 11.3 Å². The fraction of sp³-hybridized carbons (Fsp3) is 0.500. The number of aromatic nitrogens is 2. The van der Waals surface area contributed by atoms with Gasteiger partial charge in [0.05, 0.1) is 6.17 Å². The Morgan fingerprint density at radius 3 is 3.00 bits per heavy atom. The van der Waals surface area contributed by atoms with Gasteiger partial charge in [0.15, 0.2) is 6.54 Å². The second-order valence-corrected chi connectivity index (χ2v) is 3.36. The van der Waals surface area contributed by atoms with Crippen LogP contribution in [0.25, 0.3) is 0 Å². The molecule has 1 heterocycles. The van der Waals surface area contributed by atoms with E-state index in [2.05, 4.69) is 10.3 Å². The summed E-state index contributed by atoms with van der Waals surface area (Å²) in [5.41, 5.74) is 10.8. The number of nitrogens with zero attached hydrogens (tertiary/aromatic N) is 3. The number of rotatable bonds is 6. The molecular formula is C8H14N6O3. The number of amides is 1. The van der Waals surface area contributed by atoms with Gasteiger partial charge in [-0.1, -0.05) is 4.98 Å². The summed E-state index contributed by atoms with van der Waals surface area (Å²) in [6.07, 6.45) is 2.50. The molecule has 0 bridgehead atoms. The van der Waals surface area contributed by atoms with Gasteiger partial charge < -0.3 is 26.9 Å². The summed E-state index contributed by atoms with van der Waals surface area (Å²) in [4.78, 5) is 24.9. The van der Waals surface area contributed by atoms with Crippen LogP contribution >= 0.6 is 0 Å². The van der Waals surface area contributed by atoms with Crippen LogP contribution in [0.1, 0.15) is 6.42 Å². The maximum absolute atomic E-state index is 11.5. The number of nitrogens with one attached hydrogen (secondary N) is 1. The van der Waals surface area contributed by atoms with E-state index in [1.165, 1.54) is 12.4 Å². The largest absolute Gasteiger partial charge is 0.435 e. The molecule has 1 amide bonds. The zero-order chi connectivity index (χ0) is 12.8. The van der Waals surface area contributed by atoms with Gasteiger partial charge in [-0.2, -0.15) is 0 Å². The molecule has 0 saturated carbocycles. The molecule has 9 nitrogen and oxygen atoms in total. The number of carbonyl (C=O) groups is 1. The molecule has 0 radical (unpaired) electrons. The SMILES string of the molecule is NCCC(N)NC(=O)Cn1ccnc1[N+](=O)[O-]. The van der Waals surface area contributed by atoms with Crippen molar-refractivity contribution in [3.8, 4) is 0 Å². The average molecular weight is 242 g/mol. The number of imidazole rings is 1. The maximum Gasteiger partial charge on any atom is 0.435 e. The van der Waals surface area contributed by atoms with Gasteiger partial charge in [-0.15, -0.1) is 0 Å². The van der Waals surface area contributed by atoms with Crippen LogP contribution < -0.4 is 16.8 Å². The van der Waals surface area contributed by atoms with E-state index in [9.17, 15) is 14.9 Å². The first kappa shape index (κ1) is 13.1. The third-order valence-corrected chi connectivity index (χ3v) is 1.99. The third kappa shape index (κ3) is 3.81. The Kier molecular flexibility index (Phi) is 4.55. The number of hydrogen-bond donors (Lipinski definition) is 3. The third-order valence-electron chi connectivity index (χ3n) is 1.99. The smallest absolute Gasteiger partial charge is 0.390 e. The molecule has 1 unspecified atom stereocenters. The van der Waals surface area contributed by atoms with Crippen molar-refractivity contribution in [3.05, 3.63) is 22.5 Å². The van der Waals surface area contributed by atoms with Crippen molar-refractivity contribution in [1.29, 1.82) is 0 Å². The Hall–Kier alpha value is -2.00. The minimum atomic E-state index is -0.660. The van der Waals surface area contributed by atoms with Crippen LogP contribution in [0, 0.1) is 10.1 Å². The highest BCUT2D eigenvalue weighted by Crippen LogP contribution is 2.06. The number of hydrogen-bond acceptors (Lipinski definition) is 6. The molecule has 1 aromatic rings. The molecular weight excluding hydrogens is 228 g/mol. The Morgan fingerprint density at radius 2 is 2.41 bits per heavy atom. The van der Waals surface area contributed by atoms with E-state index in [1.807, 2.05) is 0 Å². The lowest BCUT2D eigenvalue weighted by molar-refractivity contribution is -0.396. The molecule has 0 fully saturated rings. The number of nitrogens with two attached hydrogens (primary N) is 2. The van der Waals surface area contributed by atoms with E-state index < -0.39 is 17.0 Å². The van der Waals surface area contributed by atoms with E-state index in [-0.39, 0.29) is 12.5 Å². The van der Waals surface area contributed by atoms with Crippen molar-refractivity contribution in [2.75, 3.05) is 6.54 Å². The summed E-state index contributed by atoms with van der Waals surface area (Å²) in [5, 5.41) is 13.0. The molecule has 1 aromatic heterocycles. The monoisotopic (exact) mass is 242 g/mol. The van der Waals surface area contributed by atoms with Crippen molar-refractivity contribution in [2.45, 2.75) is 19.1 Å². The van der Waals surface area contributed by atoms with Crippen molar-refractivity contribution in [2.24, 2.45) is 11.5 Å². The molecule has 1 rings (SSSR count). The summed E-state index contributed by atoms with van der Waals surface area (Å²) >= 11 is 0. The fourth-order valence-corrected chi connectivity index (χ4v) is 1.26. The summed E-state index contributed by atoms with van der Waals surface area (Å²) in [5.74, 6) is -0.806. The van der Waals surface area contributed by atoms with E-state index >= 15 is 0 Å². The molecule has 0 aliphatic heterocycles. The van der Waals surface area contributed by atoms with E-state index in [0.29, 0.717) is 13.0 Å². The summed E-state index contributed by atoms with van der Waals surface area (Å²) < 4.78 is 1.13. The van der Waals surface area contributed by atoms with Gasteiger partial charge >= 0.3 is 5.95 Å². The second-order valence-electron chi connectivity index (χ2n) is 3.36. The first-order valence-electron chi connectivity index (χ1n) is 4.95. The molecule has 0 saturated heterocycles. The van der Waals surface area contributed by atoms with Crippen molar-refractivity contribution >= 4 is 11.9 Å². The lowest BCUT2D eigenvalue weighted by Gasteiger charge is -2.11. The molecule has 5 N–H and O–H groups in total. The fourth-order valence-electron chi connectivity index (χ4n) is 1.26. The standard InChI is InChI=1S/C8H14N6O3/c9-2-1-6(10)12-7(15)5-13-4-3-11-8(13)14(16)17/h3-4,6H,1-2,5,9-10H2,(H,12,15). The van der Waals surface area contributed by atoms with Crippen LogP contribution in [0.3, 0.4) is 0 Å². The molecule has 0 aromatic carbocycles. The van der Waals surface area contributed by atoms with E-state index in [1.54, 1.807) is 0 Å². The topological polar surface area (TPSA) is 142 Å². The number of nitro groups is 1. The van der Waals surface area contributed by atoms with Crippen molar-refractivity contribution in [1.82, 2.24) is 14.9 Å². The Morgan fingerprint density at radius 1 is 1.71 bits per heavy atom. The minimum absolute atomic E-state index is 0.200. The van der Waals surface area contributed by atoms with Gasteiger partial charge in [0.25, 0.3) is 5.91 Å². The molecule has 0 aliphatic rings. The van der Waals surface area contributed by atoms with Crippen LogP contribution in [0.4, 0.5) is 5.95 Å². The zero-order valence-corrected chi connectivity index (χ0v) is 9.07. The van der Waals surface area contributed by atoms with Crippen molar-refractivity contribution < 1.29 is 9.72 Å².